The minimum Gasteiger partial charge on any atom is -0.267 e. The third-order valence-corrected chi connectivity index (χ3v) is 3.17. The molecule has 0 aliphatic rings. The van der Waals surface area contributed by atoms with Crippen molar-refractivity contribution >= 4 is 40.7 Å². The zero-order valence-corrected chi connectivity index (χ0v) is 12.3. The van der Waals surface area contributed by atoms with Gasteiger partial charge >= 0.3 is 0 Å². The fourth-order valence-corrected chi connectivity index (χ4v) is 1.83. The van der Waals surface area contributed by atoms with E-state index in [-0.39, 0.29) is 5.69 Å². The summed E-state index contributed by atoms with van der Waals surface area (Å²) in [5.41, 5.74) is 4.30. The topological polar surface area (TPSA) is 67.5 Å². The molecule has 21 heavy (non-hydrogen) atoms. The van der Waals surface area contributed by atoms with E-state index >= 15 is 0 Å². The van der Waals surface area contributed by atoms with Crippen molar-refractivity contribution < 1.29 is 4.92 Å². The minimum absolute atomic E-state index is 0.0387. The maximum Gasteiger partial charge on any atom is 0.269 e. The van der Waals surface area contributed by atoms with Crippen LogP contribution < -0.4 is 5.43 Å². The van der Waals surface area contributed by atoms with Gasteiger partial charge in [0.15, 0.2) is 0 Å². The predicted octanol–water partition coefficient (Wildman–Crippen LogP) is 3.55. The van der Waals surface area contributed by atoms with Gasteiger partial charge in [0, 0.05) is 22.7 Å². The molecule has 106 valence electrons. The number of rotatable bonds is 4. The Hall–Kier alpha value is -2.31. The Kier molecular flexibility index (Phi) is 4.97. The van der Waals surface area contributed by atoms with Crippen LogP contribution in [0.1, 0.15) is 11.1 Å². The molecule has 2 rings (SSSR count). The number of nitrogens with zero attached hydrogens (tertiary/aromatic N) is 2. The van der Waals surface area contributed by atoms with Crippen molar-refractivity contribution in [2.45, 2.75) is 0 Å². The largest absolute Gasteiger partial charge is 0.269 e. The summed E-state index contributed by atoms with van der Waals surface area (Å²) in [6, 6.07) is 13.1. The molecule has 1 N–H and O–H groups in total. The normalized spacial score (nSPS) is 10.5. The van der Waals surface area contributed by atoms with Gasteiger partial charge < -0.3 is 0 Å². The second-order valence-electron chi connectivity index (χ2n) is 4.05. The second kappa shape index (κ2) is 6.92. The number of nitro groups is 1. The highest BCUT2D eigenvalue weighted by Gasteiger charge is 2.02. The lowest BCUT2D eigenvalue weighted by Crippen LogP contribution is -2.16. The summed E-state index contributed by atoms with van der Waals surface area (Å²) in [5, 5.41) is 15.2. The molecule has 0 amide bonds. The van der Waals surface area contributed by atoms with Crippen molar-refractivity contribution in [1.29, 1.82) is 0 Å². The summed E-state index contributed by atoms with van der Waals surface area (Å²) in [4.78, 5) is 10.5. The fraction of sp³-hybridized carbons (Fsp3) is 0. The maximum absolute atomic E-state index is 10.5. The van der Waals surface area contributed by atoms with E-state index in [4.69, 9.17) is 23.8 Å². The zero-order valence-electron chi connectivity index (χ0n) is 10.7. The average Bonchev–Trinajstić information content (AvgIpc) is 2.48. The quantitative estimate of drug-likeness (QED) is 0.405. The van der Waals surface area contributed by atoms with Crippen molar-refractivity contribution in [2.75, 3.05) is 0 Å². The van der Waals surface area contributed by atoms with E-state index in [0.717, 1.165) is 11.1 Å². The van der Waals surface area contributed by atoms with E-state index in [1.807, 2.05) is 0 Å². The third-order valence-electron chi connectivity index (χ3n) is 2.59. The first-order valence-electron chi connectivity index (χ1n) is 5.90. The lowest BCUT2D eigenvalue weighted by molar-refractivity contribution is -0.384. The molecule has 0 unspecified atom stereocenters. The van der Waals surface area contributed by atoms with Crippen LogP contribution in [-0.4, -0.2) is 16.1 Å². The third kappa shape index (κ3) is 4.34. The highest BCUT2D eigenvalue weighted by atomic mass is 35.5. The van der Waals surface area contributed by atoms with Crippen LogP contribution in [0.5, 0.6) is 0 Å². The van der Waals surface area contributed by atoms with Crippen LogP contribution in [0.4, 0.5) is 5.69 Å². The zero-order chi connectivity index (χ0) is 15.2. The van der Waals surface area contributed by atoms with Gasteiger partial charge in [0.2, 0.25) is 0 Å². The number of hydrogen-bond donors (Lipinski definition) is 1. The Balaban J connectivity index is 1.97. The number of nitrogens with one attached hydrogen (secondary N) is 1. The highest BCUT2D eigenvalue weighted by Crippen LogP contribution is 2.11. The molecule has 0 saturated carbocycles. The number of halogens is 1. The molecule has 0 aliphatic heterocycles. The molecule has 0 radical (unpaired) electrons. The number of benzene rings is 2. The van der Waals surface area contributed by atoms with E-state index in [1.54, 1.807) is 36.4 Å². The van der Waals surface area contributed by atoms with E-state index < -0.39 is 4.92 Å². The number of nitro benzene ring substituents is 1. The summed E-state index contributed by atoms with van der Waals surface area (Å²) >= 11 is 11.0. The first-order valence-corrected chi connectivity index (χ1v) is 6.68. The van der Waals surface area contributed by atoms with Gasteiger partial charge in [0.05, 0.1) is 11.1 Å². The standard InChI is InChI=1S/C14H10ClN3O2S/c15-12-5-3-11(4-6-12)14(21)17-16-9-10-1-7-13(8-2-10)18(19)20/h1-9H,(H,17,21)/b16-9+. The van der Waals surface area contributed by atoms with Gasteiger partial charge in [-0.25, -0.2) is 0 Å². The van der Waals surface area contributed by atoms with Gasteiger partial charge in [-0.3, -0.25) is 15.5 Å². The minimum atomic E-state index is -0.450. The molecule has 0 fully saturated rings. The van der Waals surface area contributed by atoms with Crippen LogP contribution in [0.25, 0.3) is 0 Å². The summed E-state index contributed by atoms with van der Waals surface area (Å²) in [7, 11) is 0. The Bertz CT molecular complexity index is 684. The maximum atomic E-state index is 10.5. The number of hydrazone groups is 1. The van der Waals surface area contributed by atoms with E-state index in [1.165, 1.54) is 18.3 Å². The second-order valence-corrected chi connectivity index (χ2v) is 4.90. The summed E-state index contributed by atoms with van der Waals surface area (Å²) in [6.45, 7) is 0. The van der Waals surface area contributed by atoms with E-state index in [2.05, 4.69) is 10.5 Å². The van der Waals surface area contributed by atoms with Crippen molar-refractivity contribution in [3.63, 3.8) is 0 Å². The molecule has 0 spiro atoms. The van der Waals surface area contributed by atoms with Crippen LogP contribution in [0.15, 0.2) is 53.6 Å². The van der Waals surface area contributed by atoms with Gasteiger partial charge in [-0.2, -0.15) is 5.10 Å². The van der Waals surface area contributed by atoms with E-state index in [9.17, 15) is 10.1 Å². The van der Waals surface area contributed by atoms with Crippen LogP contribution in [-0.2, 0) is 0 Å². The Morgan fingerprint density at radius 2 is 1.81 bits per heavy atom. The van der Waals surface area contributed by atoms with Crippen LogP contribution in [0.3, 0.4) is 0 Å². The number of hydrogen-bond acceptors (Lipinski definition) is 4. The van der Waals surface area contributed by atoms with Gasteiger partial charge in [-0.15, -0.1) is 0 Å². The molecule has 7 heteroatoms. The molecule has 2 aromatic rings. The first kappa shape index (κ1) is 15.1. The SMILES string of the molecule is O=[N+]([O-])c1ccc(/C=N/NC(=S)c2ccc(Cl)cc2)cc1. The van der Waals surface area contributed by atoms with Crippen LogP contribution in [0.2, 0.25) is 5.02 Å². The van der Waals surface area contributed by atoms with Crippen molar-refractivity contribution in [2.24, 2.45) is 5.10 Å². The molecule has 0 bridgehead atoms. The van der Waals surface area contributed by atoms with Gasteiger partial charge in [-0.1, -0.05) is 36.0 Å². The Morgan fingerprint density at radius 1 is 1.19 bits per heavy atom. The van der Waals surface area contributed by atoms with Crippen LogP contribution >= 0.6 is 23.8 Å². The highest BCUT2D eigenvalue weighted by molar-refractivity contribution is 7.80. The van der Waals surface area contributed by atoms with Crippen molar-refractivity contribution in [1.82, 2.24) is 5.43 Å². The molecular weight excluding hydrogens is 310 g/mol. The molecule has 0 saturated heterocycles. The van der Waals surface area contributed by atoms with Crippen molar-refractivity contribution in [3.05, 3.63) is 74.8 Å². The molecule has 0 atom stereocenters. The molecule has 2 aromatic carbocycles. The first-order chi connectivity index (χ1) is 10.1. The van der Waals surface area contributed by atoms with Crippen LogP contribution in [0, 0.1) is 10.1 Å². The number of thiocarbonyl (C=S) groups is 1. The smallest absolute Gasteiger partial charge is 0.267 e. The molecular formula is C14H10ClN3O2S. The molecule has 5 nitrogen and oxygen atoms in total. The number of non-ortho nitro benzene ring substituents is 1. The lowest BCUT2D eigenvalue weighted by atomic mass is 10.2. The molecule has 0 aromatic heterocycles. The fourth-order valence-electron chi connectivity index (χ4n) is 1.51. The monoisotopic (exact) mass is 319 g/mol. The van der Waals surface area contributed by atoms with E-state index in [0.29, 0.717) is 10.0 Å². The van der Waals surface area contributed by atoms with Gasteiger partial charge in [0.25, 0.3) is 5.69 Å². The summed E-state index contributed by atoms with van der Waals surface area (Å²) < 4.78 is 0. The molecule has 0 aliphatic carbocycles. The summed E-state index contributed by atoms with van der Waals surface area (Å²) in [5.74, 6) is 0. The average molecular weight is 320 g/mol. The van der Waals surface area contributed by atoms with Crippen molar-refractivity contribution in [3.8, 4) is 0 Å². The lowest BCUT2D eigenvalue weighted by Gasteiger charge is -2.02. The van der Waals surface area contributed by atoms with Gasteiger partial charge in [0.1, 0.15) is 4.99 Å². The van der Waals surface area contributed by atoms with Gasteiger partial charge in [-0.05, 0) is 29.8 Å². The molecule has 0 heterocycles. The Labute approximate surface area is 131 Å². The Morgan fingerprint density at radius 3 is 2.38 bits per heavy atom. The summed E-state index contributed by atoms with van der Waals surface area (Å²) in [6.07, 6.45) is 1.53. The predicted molar refractivity (Wildman–Crippen MR) is 87.0 cm³/mol.